The maximum Gasteiger partial charge on any atom is 0.244 e. The summed E-state index contributed by atoms with van der Waals surface area (Å²) in [4.78, 5) is 16.6. The molecule has 0 radical (unpaired) electrons. The number of carbonyl (C=O) groups is 1. The number of pyridine rings is 1. The van der Waals surface area contributed by atoms with Gasteiger partial charge in [-0.05, 0) is 37.1 Å². The summed E-state index contributed by atoms with van der Waals surface area (Å²) in [5.74, 6) is 0.476. The predicted octanol–water partition coefficient (Wildman–Crippen LogP) is 3.18. The fourth-order valence-electron chi connectivity index (χ4n) is 3.82. The first kappa shape index (κ1) is 21.2. The van der Waals surface area contributed by atoms with Gasteiger partial charge < -0.3 is 5.32 Å². The van der Waals surface area contributed by atoms with Crippen LogP contribution in [-0.4, -0.2) is 47.0 Å². The van der Waals surface area contributed by atoms with Crippen LogP contribution in [0.2, 0.25) is 0 Å². The van der Waals surface area contributed by atoms with E-state index in [0.29, 0.717) is 11.7 Å². The van der Waals surface area contributed by atoms with Gasteiger partial charge in [-0.3, -0.25) is 9.78 Å². The lowest BCUT2D eigenvalue weighted by atomic mass is 10.0. The van der Waals surface area contributed by atoms with E-state index in [4.69, 9.17) is 5.10 Å². The van der Waals surface area contributed by atoms with Crippen molar-refractivity contribution in [1.82, 2.24) is 19.1 Å². The van der Waals surface area contributed by atoms with E-state index in [1.54, 1.807) is 10.7 Å². The summed E-state index contributed by atoms with van der Waals surface area (Å²) in [7, 11) is -2.43. The Morgan fingerprint density at radius 3 is 2.58 bits per heavy atom. The number of hydrogen-bond acceptors (Lipinski definition) is 5. The Kier molecular flexibility index (Phi) is 6.15. The second-order valence-corrected chi connectivity index (χ2v) is 9.73. The SMILES string of the molecule is CN(CC(=O)Nc1cc(C2CCCC2)nn1-c1ccccc1)S(=O)(=O)c1cccnc1. The predicted molar refractivity (Wildman–Crippen MR) is 117 cm³/mol. The number of amides is 1. The van der Waals surface area contributed by atoms with E-state index in [1.807, 2.05) is 36.4 Å². The molecule has 1 fully saturated rings. The molecule has 2 aromatic heterocycles. The summed E-state index contributed by atoms with van der Waals surface area (Å²) in [5.41, 5.74) is 1.78. The average Bonchev–Trinajstić information content (AvgIpc) is 3.45. The molecule has 0 bridgehead atoms. The van der Waals surface area contributed by atoms with Crippen LogP contribution in [0.4, 0.5) is 5.82 Å². The zero-order valence-electron chi connectivity index (χ0n) is 17.3. The van der Waals surface area contributed by atoms with Crippen molar-refractivity contribution in [3.63, 3.8) is 0 Å². The summed E-state index contributed by atoms with van der Waals surface area (Å²) in [6.07, 6.45) is 7.31. The Balaban J connectivity index is 1.54. The van der Waals surface area contributed by atoms with E-state index in [0.717, 1.165) is 28.5 Å². The Labute approximate surface area is 182 Å². The van der Waals surface area contributed by atoms with E-state index in [9.17, 15) is 13.2 Å². The molecule has 0 aliphatic heterocycles. The van der Waals surface area contributed by atoms with Gasteiger partial charge in [-0.15, -0.1) is 0 Å². The van der Waals surface area contributed by atoms with E-state index in [-0.39, 0.29) is 11.4 Å². The molecule has 1 amide bonds. The quantitative estimate of drug-likeness (QED) is 0.610. The number of aromatic nitrogens is 3. The van der Waals surface area contributed by atoms with Gasteiger partial charge in [-0.1, -0.05) is 31.0 Å². The minimum absolute atomic E-state index is 0.0446. The van der Waals surface area contributed by atoms with Gasteiger partial charge in [0, 0.05) is 31.4 Å². The van der Waals surface area contributed by atoms with Crippen molar-refractivity contribution >= 4 is 21.7 Å². The van der Waals surface area contributed by atoms with E-state index >= 15 is 0 Å². The summed E-state index contributed by atoms with van der Waals surface area (Å²) in [5, 5.41) is 7.60. The Bertz CT molecular complexity index is 1140. The first-order valence-electron chi connectivity index (χ1n) is 10.3. The monoisotopic (exact) mass is 439 g/mol. The highest BCUT2D eigenvalue weighted by Crippen LogP contribution is 2.35. The number of nitrogens with one attached hydrogen (secondary N) is 1. The third-order valence-corrected chi connectivity index (χ3v) is 7.27. The molecule has 1 saturated carbocycles. The number of para-hydroxylation sites is 1. The molecule has 3 aromatic rings. The second kappa shape index (κ2) is 8.99. The number of anilines is 1. The largest absolute Gasteiger partial charge is 0.309 e. The highest BCUT2D eigenvalue weighted by Gasteiger charge is 2.25. The lowest BCUT2D eigenvalue weighted by molar-refractivity contribution is -0.116. The van der Waals surface area contributed by atoms with Crippen LogP contribution in [0.5, 0.6) is 0 Å². The molecule has 9 heteroatoms. The zero-order chi connectivity index (χ0) is 21.8. The topological polar surface area (TPSA) is 97.2 Å². The average molecular weight is 440 g/mol. The molecule has 0 atom stereocenters. The summed E-state index contributed by atoms with van der Waals surface area (Å²) >= 11 is 0. The number of nitrogens with zero attached hydrogens (tertiary/aromatic N) is 4. The Hall–Kier alpha value is -3.04. The lowest BCUT2D eigenvalue weighted by Crippen LogP contribution is -2.35. The lowest BCUT2D eigenvalue weighted by Gasteiger charge is -2.17. The van der Waals surface area contributed by atoms with Crippen LogP contribution < -0.4 is 5.32 Å². The fourth-order valence-corrected chi connectivity index (χ4v) is 4.92. The molecule has 2 heterocycles. The minimum atomic E-state index is -3.81. The zero-order valence-corrected chi connectivity index (χ0v) is 18.1. The van der Waals surface area contributed by atoms with Crippen molar-refractivity contribution in [2.24, 2.45) is 0 Å². The fraction of sp³-hybridized carbons (Fsp3) is 0.318. The van der Waals surface area contributed by atoms with Crippen LogP contribution in [0.1, 0.15) is 37.3 Å². The van der Waals surface area contributed by atoms with Gasteiger partial charge in [0.25, 0.3) is 0 Å². The van der Waals surface area contributed by atoms with Crippen molar-refractivity contribution in [3.8, 4) is 5.69 Å². The van der Waals surface area contributed by atoms with Gasteiger partial charge >= 0.3 is 0 Å². The van der Waals surface area contributed by atoms with Gasteiger partial charge in [0.05, 0.1) is 17.9 Å². The van der Waals surface area contributed by atoms with Crippen LogP contribution in [0.3, 0.4) is 0 Å². The van der Waals surface area contributed by atoms with Crippen LogP contribution in [-0.2, 0) is 14.8 Å². The van der Waals surface area contributed by atoms with E-state index < -0.39 is 15.9 Å². The van der Waals surface area contributed by atoms with Crippen molar-refractivity contribution in [1.29, 1.82) is 0 Å². The highest BCUT2D eigenvalue weighted by molar-refractivity contribution is 7.89. The maximum absolute atomic E-state index is 12.7. The van der Waals surface area contributed by atoms with E-state index in [2.05, 4.69) is 10.3 Å². The standard InChI is InChI=1S/C22H25N5O3S/c1-26(31(29,30)19-12-7-13-23-15-19)16-22(28)24-21-14-20(17-8-5-6-9-17)25-27(21)18-10-3-2-4-11-18/h2-4,7,10-15,17H,5-6,8-9,16H2,1H3,(H,24,28). The normalized spacial score (nSPS) is 14.8. The smallest absolute Gasteiger partial charge is 0.244 e. The molecule has 8 nitrogen and oxygen atoms in total. The van der Waals surface area contributed by atoms with Crippen molar-refractivity contribution in [2.75, 3.05) is 18.9 Å². The molecule has 0 spiro atoms. The minimum Gasteiger partial charge on any atom is -0.309 e. The molecule has 1 N–H and O–H groups in total. The van der Waals surface area contributed by atoms with Gasteiger partial charge in [0.15, 0.2) is 0 Å². The second-order valence-electron chi connectivity index (χ2n) is 7.68. The first-order valence-corrected chi connectivity index (χ1v) is 11.7. The molecule has 1 aliphatic carbocycles. The number of hydrogen-bond donors (Lipinski definition) is 1. The van der Waals surface area contributed by atoms with Crippen molar-refractivity contribution in [3.05, 3.63) is 66.6 Å². The van der Waals surface area contributed by atoms with Gasteiger partial charge in [-0.25, -0.2) is 13.1 Å². The molecule has 1 aliphatic rings. The summed E-state index contributed by atoms with van der Waals surface area (Å²) in [6.45, 7) is -0.323. The third-order valence-electron chi connectivity index (χ3n) is 5.48. The molecule has 31 heavy (non-hydrogen) atoms. The number of sulfonamides is 1. The molecule has 0 saturated heterocycles. The molecular formula is C22H25N5O3S. The third kappa shape index (κ3) is 4.67. The van der Waals surface area contributed by atoms with Crippen molar-refractivity contribution in [2.45, 2.75) is 36.5 Å². The van der Waals surface area contributed by atoms with E-state index in [1.165, 1.54) is 38.3 Å². The van der Waals surface area contributed by atoms with Crippen LogP contribution in [0.25, 0.3) is 5.69 Å². The highest BCUT2D eigenvalue weighted by atomic mass is 32.2. The molecule has 162 valence electrons. The number of rotatable bonds is 7. The van der Waals surface area contributed by atoms with Gasteiger partial charge in [0.1, 0.15) is 10.7 Å². The van der Waals surface area contributed by atoms with Crippen LogP contribution in [0.15, 0.2) is 65.8 Å². The number of likely N-dealkylation sites (N-methyl/N-ethyl adjacent to an activating group) is 1. The molecule has 0 unspecified atom stereocenters. The molecular weight excluding hydrogens is 414 g/mol. The maximum atomic E-state index is 12.7. The number of benzene rings is 1. The molecule has 1 aromatic carbocycles. The first-order chi connectivity index (χ1) is 14.9. The molecule has 4 rings (SSSR count). The van der Waals surface area contributed by atoms with Gasteiger partial charge in [-0.2, -0.15) is 9.40 Å². The Morgan fingerprint density at radius 2 is 1.90 bits per heavy atom. The summed E-state index contributed by atoms with van der Waals surface area (Å²) in [6, 6.07) is 14.5. The number of carbonyl (C=O) groups excluding carboxylic acids is 1. The summed E-state index contributed by atoms with van der Waals surface area (Å²) < 4.78 is 28.1. The van der Waals surface area contributed by atoms with Crippen LogP contribution >= 0.6 is 0 Å². The Morgan fingerprint density at radius 1 is 1.16 bits per heavy atom. The van der Waals surface area contributed by atoms with Crippen molar-refractivity contribution < 1.29 is 13.2 Å². The van der Waals surface area contributed by atoms with Crippen LogP contribution in [0, 0.1) is 0 Å². The van der Waals surface area contributed by atoms with Gasteiger partial charge in [0.2, 0.25) is 15.9 Å².